The number of likely N-dealkylation sites (N-methyl/N-ethyl adjacent to an activating group) is 1. The Labute approximate surface area is 479 Å². The number of para-hydroxylation sites is 2. The van der Waals surface area contributed by atoms with Crippen molar-refractivity contribution >= 4 is 63.7 Å². The van der Waals surface area contributed by atoms with Crippen molar-refractivity contribution in [1.29, 1.82) is 0 Å². The number of pyridine rings is 1. The summed E-state index contributed by atoms with van der Waals surface area (Å²) in [7, 11) is 7.12. The number of rotatable bonds is 18. The third kappa shape index (κ3) is 19.7. The molecular formula is C63H79N7O8S2. The SMILES string of the molecule is C=CCC1(CC(C)C)C(=O)NC(=O)NC1=O.CC(CN1c2ccccc2Sc2ccccc21)N(C)C.CC[C@@H](c1cccc(O)c1)[C@@H](C)CN(C)C.NC(=O)CS(=O)C(c1ccccc1)c1ccccc1.O=C(O)c1cccnc1. The maximum absolute atomic E-state index is 12.4. The zero-order valence-corrected chi connectivity index (χ0v) is 49.1. The number of urea groups is 1. The number of phenolic OH excluding ortho intramolecular Hbond substituents is 1. The van der Waals surface area contributed by atoms with Crippen molar-refractivity contribution in [2.75, 3.05) is 51.9 Å². The molecule has 3 heterocycles. The van der Waals surface area contributed by atoms with Gasteiger partial charge in [0.05, 0.1) is 22.2 Å². The highest BCUT2D eigenvalue weighted by Crippen LogP contribution is 2.48. The Kier molecular flexibility index (Phi) is 26.5. The molecule has 0 aliphatic carbocycles. The molecule has 0 spiro atoms. The van der Waals surface area contributed by atoms with Crippen LogP contribution < -0.4 is 21.3 Å². The molecule has 1 aromatic heterocycles. The number of nitrogens with zero attached hydrogens (tertiary/aromatic N) is 4. The Hall–Kier alpha value is -7.44. The fourth-order valence-electron chi connectivity index (χ4n) is 9.27. The summed E-state index contributed by atoms with van der Waals surface area (Å²) in [6.07, 6.45) is 6.10. The van der Waals surface area contributed by atoms with Crippen LogP contribution in [0.4, 0.5) is 16.2 Å². The van der Waals surface area contributed by atoms with Gasteiger partial charge in [-0.2, -0.15) is 0 Å². The minimum absolute atomic E-state index is 0.131. The first-order valence-corrected chi connectivity index (χ1v) is 28.7. The second-order valence-corrected chi connectivity index (χ2v) is 23.1. The fourth-order valence-corrected chi connectivity index (χ4v) is 11.7. The van der Waals surface area contributed by atoms with E-state index in [2.05, 4.69) is 140 Å². The number of phenols is 1. The van der Waals surface area contributed by atoms with Crippen LogP contribution in [0.2, 0.25) is 0 Å². The fraction of sp³-hybridized carbons (Fsp3) is 0.333. The molecule has 1 saturated heterocycles. The summed E-state index contributed by atoms with van der Waals surface area (Å²) in [4.78, 5) is 69.0. The first-order chi connectivity index (χ1) is 38.1. The van der Waals surface area contributed by atoms with Gasteiger partial charge in [-0.05, 0) is 137 Å². The van der Waals surface area contributed by atoms with Gasteiger partial charge in [0.2, 0.25) is 17.7 Å². The van der Waals surface area contributed by atoms with Crippen molar-refractivity contribution in [2.24, 2.45) is 23.0 Å². The first kappa shape index (κ1) is 65.1. The minimum Gasteiger partial charge on any atom is -0.508 e. The molecular weight excluding hydrogens is 1050 g/mol. The predicted molar refractivity (Wildman–Crippen MR) is 323 cm³/mol. The van der Waals surface area contributed by atoms with Gasteiger partial charge >= 0.3 is 12.0 Å². The highest BCUT2D eigenvalue weighted by Gasteiger charge is 2.49. The van der Waals surface area contributed by atoms with Gasteiger partial charge in [0.25, 0.3) is 0 Å². The zero-order valence-electron chi connectivity index (χ0n) is 47.5. The molecule has 8 rings (SSSR count). The van der Waals surface area contributed by atoms with E-state index in [1.807, 2.05) is 98.4 Å². The first-order valence-electron chi connectivity index (χ1n) is 26.5. The van der Waals surface area contributed by atoms with Crippen molar-refractivity contribution in [3.05, 3.63) is 193 Å². The third-order valence-corrected chi connectivity index (χ3v) is 15.9. The van der Waals surface area contributed by atoms with E-state index in [-0.39, 0.29) is 28.9 Å². The van der Waals surface area contributed by atoms with Gasteiger partial charge in [-0.1, -0.05) is 143 Å². The number of hydrogen-bond donors (Lipinski definition) is 5. The smallest absolute Gasteiger partial charge is 0.337 e. The van der Waals surface area contributed by atoms with E-state index in [1.54, 1.807) is 12.1 Å². The van der Waals surface area contributed by atoms with Gasteiger partial charge in [-0.25, -0.2) is 9.59 Å². The lowest BCUT2D eigenvalue weighted by Gasteiger charge is -2.36. The molecule has 17 heteroatoms. The number of carboxylic acids is 1. The second-order valence-electron chi connectivity index (χ2n) is 20.5. The van der Waals surface area contributed by atoms with Crippen molar-refractivity contribution in [3.8, 4) is 5.75 Å². The number of aromatic carboxylic acids is 1. The number of aromatic nitrogens is 1. The molecule has 1 fully saturated rings. The summed E-state index contributed by atoms with van der Waals surface area (Å²) in [5, 5.41) is 21.8. The predicted octanol–water partition coefficient (Wildman–Crippen LogP) is 11.1. The summed E-state index contributed by atoms with van der Waals surface area (Å²) in [5.41, 5.74) is 9.93. The lowest BCUT2D eigenvalue weighted by Crippen LogP contribution is -2.62. The van der Waals surface area contributed by atoms with E-state index in [0.717, 1.165) is 30.6 Å². The molecule has 426 valence electrons. The molecule has 2 aliphatic rings. The number of aromatic hydroxyl groups is 1. The van der Waals surface area contributed by atoms with Gasteiger partial charge < -0.3 is 30.6 Å². The summed E-state index contributed by atoms with van der Waals surface area (Å²) >= 11 is 1.87. The minimum atomic E-state index is -1.36. The van der Waals surface area contributed by atoms with E-state index >= 15 is 0 Å². The number of nitrogens with two attached hydrogens (primary N) is 1. The van der Waals surface area contributed by atoms with Crippen molar-refractivity contribution in [1.82, 2.24) is 25.4 Å². The molecule has 5 aromatic carbocycles. The summed E-state index contributed by atoms with van der Waals surface area (Å²) in [5.74, 6) is -1.02. The summed E-state index contributed by atoms with van der Waals surface area (Å²) in [6.45, 7) is 16.2. The molecule has 2 aliphatic heterocycles. The zero-order chi connectivity index (χ0) is 58.9. The number of carboxylic acid groups (broad SMARTS) is 1. The third-order valence-electron chi connectivity index (χ3n) is 13.2. The van der Waals surface area contributed by atoms with Crippen LogP contribution in [0.3, 0.4) is 0 Å². The largest absolute Gasteiger partial charge is 0.508 e. The molecule has 5 amide bonds. The van der Waals surface area contributed by atoms with Gasteiger partial charge in [0.15, 0.2) is 0 Å². The van der Waals surface area contributed by atoms with Crippen LogP contribution in [0.5, 0.6) is 5.75 Å². The number of amides is 5. The molecule has 0 radical (unpaired) electrons. The molecule has 0 bridgehead atoms. The van der Waals surface area contributed by atoms with Gasteiger partial charge in [-0.3, -0.25) is 34.2 Å². The van der Waals surface area contributed by atoms with E-state index < -0.39 is 45.9 Å². The highest BCUT2D eigenvalue weighted by atomic mass is 32.2. The molecule has 15 nitrogen and oxygen atoms in total. The Balaban J connectivity index is 0.000000219. The number of allylic oxidation sites excluding steroid dienone is 1. The number of anilines is 2. The molecule has 2 unspecified atom stereocenters. The van der Waals surface area contributed by atoms with Gasteiger partial charge in [0, 0.05) is 52.1 Å². The lowest BCUT2D eigenvalue weighted by molar-refractivity contribution is -0.145. The molecule has 6 N–H and O–H groups in total. The van der Waals surface area contributed by atoms with Crippen LogP contribution in [0.1, 0.15) is 92.1 Å². The van der Waals surface area contributed by atoms with Crippen molar-refractivity contribution in [3.63, 3.8) is 0 Å². The highest BCUT2D eigenvalue weighted by molar-refractivity contribution is 7.99. The quantitative estimate of drug-likeness (QED) is 0.0400. The molecule has 4 atom stereocenters. The average molecular weight is 1130 g/mol. The maximum Gasteiger partial charge on any atom is 0.337 e. The normalized spacial score (nSPS) is 14.5. The number of carbonyl (C=O) groups is 5. The number of imide groups is 2. The van der Waals surface area contributed by atoms with Crippen LogP contribution in [-0.2, 0) is 25.2 Å². The number of benzene rings is 5. The van der Waals surface area contributed by atoms with Crippen LogP contribution in [-0.4, -0.2) is 112 Å². The van der Waals surface area contributed by atoms with E-state index in [0.29, 0.717) is 30.0 Å². The van der Waals surface area contributed by atoms with E-state index in [9.17, 15) is 33.3 Å². The Bertz CT molecular complexity index is 2860. The van der Waals surface area contributed by atoms with Gasteiger partial charge in [0.1, 0.15) is 16.9 Å². The van der Waals surface area contributed by atoms with Crippen molar-refractivity contribution < 1.29 is 38.4 Å². The number of primary amides is 1. The van der Waals surface area contributed by atoms with E-state index in [1.165, 1.54) is 51.3 Å². The number of carbonyl (C=O) groups excluding carboxylic acids is 4. The lowest BCUT2D eigenvalue weighted by atomic mass is 9.74. The van der Waals surface area contributed by atoms with Crippen molar-refractivity contribution in [2.45, 2.75) is 80.9 Å². The van der Waals surface area contributed by atoms with E-state index in [4.69, 9.17) is 10.8 Å². The average Bonchev–Trinajstić information content (AvgIpc) is 3.54. The second kappa shape index (κ2) is 32.6. The van der Waals surface area contributed by atoms with Crippen LogP contribution >= 0.6 is 11.8 Å². The van der Waals surface area contributed by atoms with Crippen LogP contribution in [0.25, 0.3) is 0 Å². The number of nitrogens with one attached hydrogen (secondary N) is 2. The van der Waals surface area contributed by atoms with Crippen LogP contribution in [0.15, 0.2) is 180 Å². The summed E-state index contributed by atoms with van der Waals surface area (Å²) < 4.78 is 12.4. The summed E-state index contributed by atoms with van der Waals surface area (Å²) in [6, 6.07) is 46.9. The molecule has 6 aromatic rings. The molecule has 0 saturated carbocycles. The Morgan fingerprint density at radius 1 is 0.775 bits per heavy atom. The Morgan fingerprint density at radius 3 is 1.73 bits per heavy atom. The maximum atomic E-state index is 12.4. The standard InChI is InChI=1S/C17H20N2S.C15H15NO2S.C14H23NO.C11H16N2O3.C6H5NO2/c1-13(18(2)3)12-19-14-8-4-6-10-16(14)20-17-11-7-5-9-15(17)19;16-14(17)11-19(18)15(12-7-3-1-4-8-12)13-9-5-2-6-10-13;1-5-14(11(2)10-15(3)4)12-7-6-8-13(16)9-12;1-4-5-11(6-7(2)3)8(14)12-10(16)13-9(11)15;8-6(9)5-2-1-3-7-4-5/h4-11,13H,12H2,1-3H3;1-10,15H,11H2,(H2,16,17);6-9,11,14,16H,5,10H2,1-4H3;4,7H,1,5-6H2,2-3H3,(H2,12,13,14,15,16);1-4H,(H,8,9)/t;;11-,14+;;/m..0../s1. The van der Waals surface area contributed by atoms with Crippen LogP contribution in [0, 0.1) is 17.3 Å². The number of hydrogen-bond acceptors (Lipinski definition) is 12. The van der Waals surface area contributed by atoms with Gasteiger partial charge in [-0.15, -0.1) is 6.58 Å². The number of barbiturate groups is 1. The topological polar surface area (TPSA) is 216 Å². The number of fused-ring (bicyclic) bond motifs is 2. The monoisotopic (exact) mass is 1130 g/mol. The molecule has 80 heavy (non-hydrogen) atoms. The Morgan fingerprint density at radius 2 is 1.30 bits per heavy atom.